The molecule has 3 rings (SSSR count). The summed E-state index contributed by atoms with van der Waals surface area (Å²) >= 11 is 0. The first-order chi connectivity index (χ1) is 18.9. The molecular formula is C24H44N7O7P. The lowest BCUT2D eigenvalue weighted by atomic mass is 10.1. The summed E-state index contributed by atoms with van der Waals surface area (Å²) in [6.45, 7) is 10.6. The number of aryl methyl sites for hydroxylation is 1. The van der Waals surface area contributed by atoms with Gasteiger partial charge in [0.1, 0.15) is 5.75 Å². The third-order valence-corrected chi connectivity index (χ3v) is 7.65. The zero-order valence-corrected chi connectivity index (χ0v) is 23.4. The van der Waals surface area contributed by atoms with Gasteiger partial charge >= 0.3 is 7.82 Å². The number of nitro benzene ring substituents is 1. The average Bonchev–Trinajstić information content (AvgIpc) is 3.11. The Bertz CT molecular complexity index is 883. The average molecular weight is 574 g/mol. The largest absolute Gasteiger partial charge is 0.527 e. The first-order valence-corrected chi connectivity index (χ1v) is 15.2. The van der Waals surface area contributed by atoms with Crippen LogP contribution in [0.15, 0.2) is 18.2 Å². The number of benzene rings is 1. The highest BCUT2D eigenvalue weighted by atomic mass is 31.2. The number of aliphatic hydroxyl groups excluding tert-OH is 1. The van der Waals surface area contributed by atoms with Crippen molar-refractivity contribution in [3.05, 3.63) is 33.9 Å². The first-order valence-electron chi connectivity index (χ1n) is 13.7. The number of non-ortho nitro benzene ring substituents is 1. The van der Waals surface area contributed by atoms with Crippen molar-refractivity contribution in [2.45, 2.75) is 18.9 Å². The molecule has 39 heavy (non-hydrogen) atoms. The van der Waals surface area contributed by atoms with Crippen molar-refractivity contribution in [3.8, 4) is 5.75 Å². The third kappa shape index (κ3) is 12.1. The number of nitrogens with zero attached hydrogens (tertiary/aromatic N) is 3. The molecule has 2 aliphatic rings. The summed E-state index contributed by atoms with van der Waals surface area (Å²) in [5.74, 6) is 0.0333. The molecule has 2 heterocycles. The van der Waals surface area contributed by atoms with Crippen LogP contribution >= 0.6 is 7.82 Å². The number of aliphatic hydroxyl groups is 1. The number of phosphoric ester groups is 1. The van der Waals surface area contributed by atoms with Gasteiger partial charge in [0.15, 0.2) is 0 Å². The Morgan fingerprint density at radius 1 is 0.923 bits per heavy atom. The third-order valence-electron chi connectivity index (χ3n) is 6.66. The van der Waals surface area contributed by atoms with Gasteiger partial charge in [-0.05, 0) is 18.9 Å². The van der Waals surface area contributed by atoms with Crippen molar-refractivity contribution in [2.24, 2.45) is 0 Å². The van der Waals surface area contributed by atoms with E-state index in [0.29, 0.717) is 25.1 Å². The Morgan fingerprint density at radius 2 is 1.44 bits per heavy atom. The lowest BCUT2D eigenvalue weighted by Gasteiger charge is -2.32. The van der Waals surface area contributed by atoms with Crippen molar-refractivity contribution in [1.82, 2.24) is 31.1 Å². The molecule has 2 saturated heterocycles. The maximum Gasteiger partial charge on any atom is 0.527 e. The van der Waals surface area contributed by atoms with Gasteiger partial charge in [0.2, 0.25) is 0 Å². The van der Waals surface area contributed by atoms with Gasteiger partial charge in [-0.3, -0.25) is 29.3 Å². The Balaban J connectivity index is 1.76. The predicted molar refractivity (Wildman–Crippen MR) is 148 cm³/mol. The molecule has 0 saturated carbocycles. The summed E-state index contributed by atoms with van der Waals surface area (Å²) in [5, 5.41) is 34.0. The first kappa shape index (κ1) is 31.8. The second-order valence-electron chi connectivity index (χ2n) is 9.76. The van der Waals surface area contributed by atoms with Crippen molar-refractivity contribution < 1.29 is 28.5 Å². The van der Waals surface area contributed by atoms with E-state index in [9.17, 15) is 24.7 Å². The smallest absolute Gasteiger partial charge is 0.404 e. The Labute approximate surface area is 230 Å². The SMILES string of the molecule is O=[N+]([O-])c1ccc(OP(=O)(O)OC(CN2CCNCCNCC2)CN2CCNCCNCC2)c(CCCO)c1. The molecular weight excluding hydrogens is 529 g/mol. The van der Waals surface area contributed by atoms with Gasteiger partial charge in [-0.1, -0.05) is 0 Å². The summed E-state index contributed by atoms with van der Waals surface area (Å²) in [7, 11) is -4.61. The second kappa shape index (κ2) is 17.2. The predicted octanol–water partition coefficient (Wildman–Crippen LogP) is -0.626. The number of nitro groups is 1. The number of phosphoric acid groups is 1. The molecule has 15 heteroatoms. The molecule has 0 amide bonds. The lowest BCUT2D eigenvalue weighted by molar-refractivity contribution is -0.384. The van der Waals surface area contributed by atoms with E-state index in [1.807, 2.05) is 0 Å². The molecule has 14 nitrogen and oxygen atoms in total. The molecule has 1 aromatic carbocycles. The second-order valence-corrected chi connectivity index (χ2v) is 11.1. The van der Waals surface area contributed by atoms with Gasteiger partial charge in [0.05, 0.1) is 11.0 Å². The van der Waals surface area contributed by atoms with Crippen LogP contribution in [-0.4, -0.2) is 129 Å². The highest BCUT2D eigenvalue weighted by Crippen LogP contribution is 2.46. The normalized spacial score (nSPS) is 20.6. The fraction of sp³-hybridized carbons (Fsp3) is 0.750. The summed E-state index contributed by atoms with van der Waals surface area (Å²) in [5.41, 5.74) is 0.203. The number of rotatable bonds is 12. The van der Waals surface area contributed by atoms with Crippen LogP contribution in [0.3, 0.4) is 0 Å². The van der Waals surface area contributed by atoms with E-state index in [4.69, 9.17) is 9.05 Å². The molecule has 222 valence electrons. The summed E-state index contributed by atoms with van der Waals surface area (Å²) in [6, 6.07) is 3.83. The molecule has 2 aliphatic heterocycles. The van der Waals surface area contributed by atoms with Crippen LogP contribution < -0.4 is 25.8 Å². The summed E-state index contributed by atoms with van der Waals surface area (Å²) < 4.78 is 24.7. The Morgan fingerprint density at radius 3 is 1.90 bits per heavy atom. The van der Waals surface area contributed by atoms with E-state index in [-0.39, 0.29) is 24.5 Å². The molecule has 6 N–H and O–H groups in total. The Hall–Kier alpha value is -1.71. The number of hydrogen-bond donors (Lipinski definition) is 6. The minimum absolute atomic E-state index is 0.0333. The standard InChI is InChI=1S/C24H44N7O7P/c32-17-1-2-21-18-22(31(33)34)3-4-24(21)38-39(35,36)37-23(19-29-13-9-25-5-6-26-10-14-29)20-30-15-11-27-7-8-28-12-16-30/h3-4,18,23,25-28,32H,1-2,5-17,19-20H2,(H,35,36). The minimum Gasteiger partial charge on any atom is -0.404 e. The van der Waals surface area contributed by atoms with Crippen LogP contribution in [0.1, 0.15) is 12.0 Å². The van der Waals surface area contributed by atoms with Gasteiger partial charge in [-0.15, -0.1) is 0 Å². The monoisotopic (exact) mass is 573 g/mol. The van der Waals surface area contributed by atoms with Gasteiger partial charge in [-0.25, -0.2) is 4.57 Å². The van der Waals surface area contributed by atoms with Crippen LogP contribution in [-0.2, 0) is 15.5 Å². The van der Waals surface area contributed by atoms with E-state index in [2.05, 4.69) is 31.1 Å². The van der Waals surface area contributed by atoms with Crippen LogP contribution in [0.2, 0.25) is 0 Å². The van der Waals surface area contributed by atoms with Crippen molar-refractivity contribution in [3.63, 3.8) is 0 Å². The van der Waals surface area contributed by atoms with Crippen LogP contribution in [0, 0.1) is 10.1 Å². The lowest BCUT2D eigenvalue weighted by Crippen LogP contribution is -2.46. The van der Waals surface area contributed by atoms with E-state index in [0.717, 1.165) is 78.5 Å². The summed E-state index contributed by atoms with van der Waals surface area (Å²) in [4.78, 5) is 26.0. The quantitative estimate of drug-likeness (QED) is 0.106. The topological polar surface area (TPSA) is 174 Å². The van der Waals surface area contributed by atoms with E-state index < -0.39 is 18.8 Å². The highest BCUT2D eigenvalue weighted by Gasteiger charge is 2.32. The van der Waals surface area contributed by atoms with Crippen molar-refractivity contribution >= 4 is 13.5 Å². The molecule has 2 fully saturated rings. The molecule has 0 aliphatic carbocycles. The number of hydrogen-bond acceptors (Lipinski definition) is 12. The summed E-state index contributed by atoms with van der Waals surface area (Å²) in [6.07, 6.45) is -0.0511. The van der Waals surface area contributed by atoms with Crippen LogP contribution in [0.5, 0.6) is 5.75 Å². The van der Waals surface area contributed by atoms with Crippen molar-refractivity contribution in [2.75, 3.05) is 98.2 Å². The Kier molecular flexibility index (Phi) is 14.0. The van der Waals surface area contributed by atoms with E-state index in [1.165, 1.54) is 18.2 Å². The van der Waals surface area contributed by atoms with Crippen LogP contribution in [0.4, 0.5) is 5.69 Å². The fourth-order valence-electron chi connectivity index (χ4n) is 4.66. The molecule has 0 aromatic heterocycles. The molecule has 1 unspecified atom stereocenters. The van der Waals surface area contributed by atoms with Gasteiger partial charge in [0, 0.05) is 116 Å². The molecule has 1 atom stereocenters. The van der Waals surface area contributed by atoms with Gasteiger partial charge in [-0.2, -0.15) is 0 Å². The minimum atomic E-state index is -4.61. The van der Waals surface area contributed by atoms with Gasteiger partial charge in [0.25, 0.3) is 5.69 Å². The van der Waals surface area contributed by atoms with Crippen LogP contribution in [0.25, 0.3) is 0 Å². The number of nitrogens with one attached hydrogen (secondary N) is 4. The fourth-order valence-corrected chi connectivity index (χ4v) is 5.64. The zero-order valence-electron chi connectivity index (χ0n) is 22.6. The van der Waals surface area contributed by atoms with Gasteiger partial charge < -0.3 is 30.9 Å². The van der Waals surface area contributed by atoms with Crippen molar-refractivity contribution in [1.29, 1.82) is 0 Å². The molecule has 0 bridgehead atoms. The molecule has 0 radical (unpaired) electrons. The molecule has 1 aromatic rings. The maximum atomic E-state index is 13.3. The van der Waals surface area contributed by atoms with E-state index in [1.54, 1.807) is 0 Å². The van der Waals surface area contributed by atoms with E-state index >= 15 is 0 Å². The zero-order chi connectivity index (χ0) is 27.9. The maximum absolute atomic E-state index is 13.3. The highest BCUT2D eigenvalue weighted by molar-refractivity contribution is 7.47. The molecule has 0 spiro atoms.